The van der Waals surface area contributed by atoms with E-state index in [1.54, 1.807) is 0 Å². The molecule has 6 nitrogen and oxygen atoms in total. The highest BCUT2D eigenvalue weighted by Gasteiger charge is 2.25. The van der Waals surface area contributed by atoms with Crippen LogP contribution >= 0.6 is 0 Å². The Morgan fingerprint density at radius 1 is 1.42 bits per heavy atom. The van der Waals surface area contributed by atoms with Gasteiger partial charge < -0.3 is 15.7 Å². The van der Waals surface area contributed by atoms with Gasteiger partial charge in [0.1, 0.15) is 0 Å². The number of para-hydroxylation sites is 1. The number of aromatic amines is 1. The Bertz CT molecular complexity index is 595. The second-order valence-electron chi connectivity index (χ2n) is 4.81. The number of amides is 1. The van der Waals surface area contributed by atoms with E-state index in [2.05, 4.69) is 20.8 Å². The van der Waals surface area contributed by atoms with Gasteiger partial charge in [-0.3, -0.25) is 9.89 Å². The first-order valence-electron chi connectivity index (χ1n) is 6.36. The SMILES string of the molecule is O=C(NCC1CNCC1O)c1n[nH]c2ccccc12. The van der Waals surface area contributed by atoms with Gasteiger partial charge in [0, 0.05) is 30.9 Å². The molecule has 1 aromatic carbocycles. The molecule has 0 radical (unpaired) electrons. The van der Waals surface area contributed by atoms with Crippen molar-refractivity contribution in [3.63, 3.8) is 0 Å². The first-order chi connectivity index (χ1) is 9.25. The molecule has 1 aliphatic rings. The van der Waals surface area contributed by atoms with Crippen LogP contribution in [0.15, 0.2) is 24.3 Å². The summed E-state index contributed by atoms with van der Waals surface area (Å²) in [6, 6.07) is 7.51. The number of carbonyl (C=O) groups is 1. The minimum atomic E-state index is -0.392. The van der Waals surface area contributed by atoms with E-state index in [1.165, 1.54) is 0 Å². The summed E-state index contributed by atoms with van der Waals surface area (Å²) in [7, 11) is 0. The van der Waals surface area contributed by atoms with Gasteiger partial charge in [-0.15, -0.1) is 0 Å². The average molecular weight is 260 g/mol. The number of H-pyrrole nitrogens is 1. The molecule has 1 fully saturated rings. The summed E-state index contributed by atoms with van der Waals surface area (Å²) in [4.78, 5) is 12.1. The Balaban J connectivity index is 1.70. The standard InChI is InChI=1S/C13H16N4O2/c18-11-7-14-5-8(11)6-15-13(19)12-9-3-1-2-4-10(9)16-17-12/h1-4,8,11,14,18H,5-7H2,(H,15,19)(H,16,17). The van der Waals surface area contributed by atoms with Gasteiger partial charge in [-0.25, -0.2) is 0 Å². The summed E-state index contributed by atoms with van der Waals surface area (Å²) in [6.45, 7) is 1.77. The van der Waals surface area contributed by atoms with Crippen LogP contribution in [0, 0.1) is 5.92 Å². The van der Waals surface area contributed by atoms with Gasteiger partial charge in [-0.05, 0) is 6.07 Å². The number of rotatable bonds is 3. The largest absolute Gasteiger partial charge is 0.391 e. The highest BCUT2D eigenvalue weighted by molar-refractivity contribution is 6.04. The quantitative estimate of drug-likeness (QED) is 0.619. The van der Waals surface area contributed by atoms with E-state index in [0.717, 1.165) is 17.4 Å². The van der Waals surface area contributed by atoms with E-state index in [4.69, 9.17) is 0 Å². The number of benzene rings is 1. The summed E-state index contributed by atoms with van der Waals surface area (Å²) < 4.78 is 0. The number of nitrogens with zero attached hydrogens (tertiary/aromatic N) is 1. The molecule has 4 N–H and O–H groups in total. The molecule has 3 rings (SSSR count). The predicted octanol–water partition coefficient (Wildman–Crippen LogP) is -0.127. The molecule has 2 atom stereocenters. The number of aliphatic hydroxyl groups excluding tert-OH is 1. The Morgan fingerprint density at radius 3 is 3.05 bits per heavy atom. The highest BCUT2D eigenvalue weighted by atomic mass is 16.3. The van der Waals surface area contributed by atoms with E-state index >= 15 is 0 Å². The molecule has 1 aromatic heterocycles. The lowest BCUT2D eigenvalue weighted by Crippen LogP contribution is -2.34. The molecule has 1 amide bonds. The second kappa shape index (κ2) is 4.99. The monoisotopic (exact) mass is 260 g/mol. The van der Waals surface area contributed by atoms with Crippen LogP contribution in [0.2, 0.25) is 0 Å². The van der Waals surface area contributed by atoms with E-state index in [0.29, 0.717) is 18.8 Å². The minimum absolute atomic E-state index is 0.0640. The lowest BCUT2D eigenvalue weighted by atomic mass is 10.1. The fraction of sp³-hybridized carbons (Fsp3) is 0.385. The summed E-state index contributed by atoms with van der Waals surface area (Å²) in [6.07, 6.45) is -0.392. The fourth-order valence-corrected chi connectivity index (χ4v) is 2.37. The fourth-order valence-electron chi connectivity index (χ4n) is 2.37. The molecule has 2 heterocycles. The maximum atomic E-state index is 12.1. The zero-order valence-corrected chi connectivity index (χ0v) is 10.4. The number of aromatic nitrogens is 2. The maximum Gasteiger partial charge on any atom is 0.272 e. The average Bonchev–Trinajstić information content (AvgIpc) is 3.02. The number of nitrogens with one attached hydrogen (secondary N) is 3. The van der Waals surface area contributed by atoms with Crippen molar-refractivity contribution in [3.05, 3.63) is 30.0 Å². The Morgan fingerprint density at radius 2 is 2.26 bits per heavy atom. The van der Waals surface area contributed by atoms with Crippen molar-refractivity contribution < 1.29 is 9.90 Å². The number of aliphatic hydroxyl groups is 1. The molecule has 100 valence electrons. The number of β-amino-alcohol motifs (C(OH)–C–C–N with tert-alkyl or cyclic N) is 1. The van der Waals surface area contributed by atoms with Crippen LogP contribution in [0.5, 0.6) is 0 Å². The zero-order valence-electron chi connectivity index (χ0n) is 10.4. The van der Waals surface area contributed by atoms with Crippen molar-refractivity contribution in [3.8, 4) is 0 Å². The second-order valence-corrected chi connectivity index (χ2v) is 4.81. The molecule has 1 aliphatic heterocycles. The van der Waals surface area contributed by atoms with Gasteiger partial charge in [-0.1, -0.05) is 18.2 Å². The minimum Gasteiger partial charge on any atom is -0.391 e. The third-order valence-electron chi connectivity index (χ3n) is 3.51. The summed E-state index contributed by atoms with van der Waals surface area (Å²) in [5.41, 5.74) is 1.24. The van der Waals surface area contributed by atoms with Crippen molar-refractivity contribution >= 4 is 16.8 Å². The zero-order chi connectivity index (χ0) is 13.2. The Labute approximate surface area is 110 Å². The molecule has 19 heavy (non-hydrogen) atoms. The third-order valence-corrected chi connectivity index (χ3v) is 3.51. The van der Waals surface area contributed by atoms with Gasteiger partial charge in [0.2, 0.25) is 0 Å². The lowest BCUT2D eigenvalue weighted by molar-refractivity contribution is 0.0923. The van der Waals surface area contributed by atoms with Crippen molar-refractivity contribution in [1.82, 2.24) is 20.8 Å². The molecule has 0 aliphatic carbocycles. The first kappa shape index (κ1) is 12.1. The maximum absolute atomic E-state index is 12.1. The Hall–Kier alpha value is -1.92. The lowest BCUT2D eigenvalue weighted by Gasteiger charge is -2.13. The van der Waals surface area contributed by atoms with Gasteiger partial charge in [-0.2, -0.15) is 5.10 Å². The Kier molecular flexibility index (Phi) is 3.18. The summed E-state index contributed by atoms with van der Waals surface area (Å²) in [5.74, 6) is -0.147. The first-order valence-corrected chi connectivity index (χ1v) is 6.36. The van der Waals surface area contributed by atoms with Crippen LogP contribution in [-0.4, -0.2) is 46.9 Å². The van der Waals surface area contributed by atoms with Gasteiger partial charge in [0.25, 0.3) is 5.91 Å². The number of fused-ring (bicyclic) bond motifs is 1. The highest BCUT2D eigenvalue weighted by Crippen LogP contribution is 2.15. The normalized spacial score (nSPS) is 22.8. The smallest absolute Gasteiger partial charge is 0.272 e. The van der Waals surface area contributed by atoms with E-state index in [1.807, 2.05) is 24.3 Å². The van der Waals surface area contributed by atoms with Gasteiger partial charge in [0.05, 0.1) is 11.6 Å². The van der Waals surface area contributed by atoms with Gasteiger partial charge in [0.15, 0.2) is 5.69 Å². The van der Waals surface area contributed by atoms with Crippen LogP contribution in [0.4, 0.5) is 0 Å². The van der Waals surface area contributed by atoms with E-state index in [-0.39, 0.29) is 11.8 Å². The summed E-state index contributed by atoms with van der Waals surface area (Å²) >= 11 is 0. The number of carbonyl (C=O) groups excluding carboxylic acids is 1. The van der Waals surface area contributed by atoms with E-state index in [9.17, 15) is 9.90 Å². The molecule has 0 spiro atoms. The number of hydrogen-bond acceptors (Lipinski definition) is 4. The van der Waals surface area contributed by atoms with E-state index < -0.39 is 6.10 Å². The van der Waals surface area contributed by atoms with Crippen molar-refractivity contribution in [1.29, 1.82) is 0 Å². The van der Waals surface area contributed by atoms with Gasteiger partial charge >= 0.3 is 0 Å². The van der Waals surface area contributed by atoms with Crippen molar-refractivity contribution in [2.75, 3.05) is 19.6 Å². The number of hydrogen-bond donors (Lipinski definition) is 4. The van der Waals surface area contributed by atoms with Crippen molar-refractivity contribution in [2.45, 2.75) is 6.10 Å². The molecule has 6 heteroatoms. The van der Waals surface area contributed by atoms with Crippen LogP contribution < -0.4 is 10.6 Å². The molecule has 0 saturated carbocycles. The molecular weight excluding hydrogens is 244 g/mol. The van der Waals surface area contributed by atoms with Crippen LogP contribution in [0.3, 0.4) is 0 Å². The molecule has 0 bridgehead atoms. The molecule has 1 saturated heterocycles. The molecule has 2 aromatic rings. The van der Waals surface area contributed by atoms with Crippen LogP contribution in [0.25, 0.3) is 10.9 Å². The molecular formula is C13H16N4O2. The topological polar surface area (TPSA) is 90.0 Å². The van der Waals surface area contributed by atoms with Crippen molar-refractivity contribution in [2.24, 2.45) is 5.92 Å². The van der Waals surface area contributed by atoms with Crippen LogP contribution in [0.1, 0.15) is 10.5 Å². The predicted molar refractivity (Wildman–Crippen MR) is 70.8 cm³/mol. The summed E-state index contributed by atoms with van der Waals surface area (Å²) in [5, 5.41) is 23.3. The molecule has 2 unspecified atom stereocenters. The van der Waals surface area contributed by atoms with Crippen LogP contribution in [-0.2, 0) is 0 Å². The third kappa shape index (κ3) is 2.32.